The smallest absolute Gasteiger partial charge is 0.150 e. The summed E-state index contributed by atoms with van der Waals surface area (Å²) in [5.74, 6) is 1.23. The van der Waals surface area contributed by atoms with Crippen LogP contribution in [0.5, 0.6) is 0 Å². The van der Waals surface area contributed by atoms with Crippen LogP contribution < -0.4 is 5.32 Å². The lowest BCUT2D eigenvalue weighted by Crippen LogP contribution is -2.30. The summed E-state index contributed by atoms with van der Waals surface area (Å²) in [6.07, 6.45) is 1.62. The van der Waals surface area contributed by atoms with Crippen LogP contribution in [-0.4, -0.2) is 33.0 Å². The molecule has 1 aliphatic rings. The number of rotatable bonds is 6. The van der Waals surface area contributed by atoms with Crippen LogP contribution in [0.2, 0.25) is 5.02 Å². The zero-order chi connectivity index (χ0) is 14.6. The third-order valence-electron chi connectivity index (χ3n) is 4.03. The Morgan fingerprint density at radius 3 is 2.75 bits per heavy atom. The maximum atomic E-state index is 11.7. The van der Waals surface area contributed by atoms with Crippen molar-refractivity contribution in [2.45, 2.75) is 19.8 Å². The standard InChI is InChI=1S/C15H22ClNO2S/c1-2-17-10-14(13-7-8-20(18,19)11-13)9-12-5-3-4-6-15(12)16/h3-6,13-14,17H,2,7-11H2,1H3. The Morgan fingerprint density at radius 1 is 1.40 bits per heavy atom. The van der Waals surface area contributed by atoms with Gasteiger partial charge in [0.25, 0.3) is 0 Å². The number of sulfone groups is 1. The summed E-state index contributed by atoms with van der Waals surface area (Å²) < 4.78 is 23.4. The molecule has 0 radical (unpaired) electrons. The molecule has 20 heavy (non-hydrogen) atoms. The first-order valence-corrected chi connectivity index (χ1v) is 9.36. The van der Waals surface area contributed by atoms with Gasteiger partial charge in [0.1, 0.15) is 0 Å². The van der Waals surface area contributed by atoms with Gasteiger partial charge in [-0.15, -0.1) is 0 Å². The predicted molar refractivity (Wildman–Crippen MR) is 84.0 cm³/mol. The highest BCUT2D eigenvalue weighted by Crippen LogP contribution is 2.30. The van der Waals surface area contributed by atoms with E-state index in [9.17, 15) is 8.42 Å². The summed E-state index contributed by atoms with van der Waals surface area (Å²) in [4.78, 5) is 0. The Morgan fingerprint density at radius 2 is 2.15 bits per heavy atom. The van der Waals surface area contributed by atoms with Gasteiger partial charge in [0.15, 0.2) is 9.84 Å². The van der Waals surface area contributed by atoms with Gasteiger partial charge in [-0.05, 0) is 49.4 Å². The van der Waals surface area contributed by atoms with Gasteiger partial charge in [-0.2, -0.15) is 0 Å². The van der Waals surface area contributed by atoms with Gasteiger partial charge in [0, 0.05) is 5.02 Å². The lowest BCUT2D eigenvalue weighted by atomic mass is 9.86. The van der Waals surface area contributed by atoms with Crippen molar-refractivity contribution in [3.05, 3.63) is 34.9 Å². The first-order valence-electron chi connectivity index (χ1n) is 7.16. The maximum absolute atomic E-state index is 11.7. The summed E-state index contributed by atoms with van der Waals surface area (Å²) in [6, 6.07) is 7.83. The Labute approximate surface area is 126 Å². The predicted octanol–water partition coefficient (Wildman–Crippen LogP) is 2.54. The van der Waals surface area contributed by atoms with E-state index in [1.165, 1.54) is 0 Å². The van der Waals surface area contributed by atoms with Crippen molar-refractivity contribution in [1.29, 1.82) is 0 Å². The molecule has 0 amide bonds. The molecule has 3 nitrogen and oxygen atoms in total. The molecule has 0 bridgehead atoms. The molecule has 1 N–H and O–H groups in total. The van der Waals surface area contributed by atoms with E-state index >= 15 is 0 Å². The lowest BCUT2D eigenvalue weighted by Gasteiger charge is -2.23. The third kappa shape index (κ3) is 4.21. The fraction of sp³-hybridized carbons (Fsp3) is 0.600. The van der Waals surface area contributed by atoms with Crippen LogP contribution in [0.25, 0.3) is 0 Å². The molecular formula is C15H22ClNO2S. The fourth-order valence-corrected chi connectivity index (χ4v) is 5.01. The molecule has 1 fully saturated rings. The summed E-state index contributed by atoms with van der Waals surface area (Å²) in [5, 5.41) is 4.13. The van der Waals surface area contributed by atoms with E-state index in [1.54, 1.807) is 0 Å². The average molecular weight is 316 g/mol. The number of halogens is 1. The van der Waals surface area contributed by atoms with Crippen molar-refractivity contribution >= 4 is 21.4 Å². The number of nitrogens with one attached hydrogen (secondary N) is 1. The minimum Gasteiger partial charge on any atom is -0.317 e. The van der Waals surface area contributed by atoms with Gasteiger partial charge in [-0.25, -0.2) is 8.42 Å². The summed E-state index contributed by atoms with van der Waals surface area (Å²) in [5.41, 5.74) is 1.11. The van der Waals surface area contributed by atoms with Crippen LogP contribution in [0.1, 0.15) is 18.9 Å². The van der Waals surface area contributed by atoms with Crippen LogP contribution in [0.15, 0.2) is 24.3 Å². The average Bonchev–Trinajstić information content (AvgIpc) is 2.77. The molecule has 1 aliphatic heterocycles. The summed E-state index contributed by atoms with van der Waals surface area (Å²) in [6.45, 7) is 3.82. The van der Waals surface area contributed by atoms with Gasteiger partial charge in [-0.3, -0.25) is 0 Å². The first kappa shape index (κ1) is 15.8. The quantitative estimate of drug-likeness (QED) is 0.877. The van der Waals surface area contributed by atoms with Gasteiger partial charge >= 0.3 is 0 Å². The second-order valence-corrected chi connectivity index (χ2v) is 8.16. The van der Waals surface area contributed by atoms with E-state index in [4.69, 9.17) is 11.6 Å². The zero-order valence-electron chi connectivity index (χ0n) is 11.8. The van der Waals surface area contributed by atoms with Crippen molar-refractivity contribution in [3.63, 3.8) is 0 Å². The molecule has 2 rings (SSSR count). The topological polar surface area (TPSA) is 46.2 Å². The van der Waals surface area contributed by atoms with Crippen LogP contribution in [0.3, 0.4) is 0 Å². The second-order valence-electron chi connectivity index (χ2n) is 5.53. The Hall–Kier alpha value is -0.580. The molecule has 1 aromatic carbocycles. The molecule has 2 unspecified atom stereocenters. The first-order chi connectivity index (χ1) is 9.52. The van der Waals surface area contributed by atoms with Crippen molar-refractivity contribution in [2.24, 2.45) is 11.8 Å². The van der Waals surface area contributed by atoms with Crippen molar-refractivity contribution in [2.75, 3.05) is 24.6 Å². The van der Waals surface area contributed by atoms with Gasteiger partial charge in [0.05, 0.1) is 11.5 Å². The van der Waals surface area contributed by atoms with Crippen molar-refractivity contribution in [1.82, 2.24) is 5.32 Å². The van der Waals surface area contributed by atoms with Crippen LogP contribution in [0.4, 0.5) is 0 Å². The molecule has 2 atom stereocenters. The van der Waals surface area contributed by atoms with E-state index < -0.39 is 9.84 Å². The highest BCUT2D eigenvalue weighted by Gasteiger charge is 2.33. The van der Waals surface area contributed by atoms with E-state index in [1.807, 2.05) is 24.3 Å². The molecule has 112 valence electrons. The van der Waals surface area contributed by atoms with Crippen LogP contribution in [-0.2, 0) is 16.3 Å². The normalized spacial score (nSPS) is 22.8. The van der Waals surface area contributed by atoms with Gasteiger partial charge < -0.3 is 5.32 Å². The second kappa shape index (κ2) is 6.92. The molecule has 1 aromatic rings. The van der Waals surface area contributed by atoms with Gasteiger partial charge in [0.2, 0.25) is 0 Å². The highest BCUT2D eigenvalue weighted by atomic mass is 35.5. The molecular weight excluding hydrogens is 294 g/mol. The summed E-state index contributed by atoms with van der Waals surface area (Å²) >= 11 is 6.23. The molecule has 1 heterocycles. The van der Waals surface area contributed by atoms with Crippen LogP contribution >= 0.6 is 11.6 Å². The largest absolute Gasteiger partial charge is 0.317 e. The van der Waals surface area contributed by atoms with E-state index in [0.717, 1.165) is 36.5 Å². The van der Waals surface area contributed by atoms with Crippen molar-refractivity contribution < 1.29 is 8.42 Å². The SMILES string of the molecule is CCNCC(Cc1ccccc1Cl)C1CCS(=O)(=O)C1. The van der Waals surface area contributed by atoms with E-state index in [-0.39, 0.29) is 5.92 Å². The van der Waals surface area contributed by atoms with Gasteiger partial charge in [-0.1, -0.05) is 36.7 Å². The minimum absolute atomic E-state index is 0.246. The molecule has 0 saturated carbocycles. The monoisotopic (exact) mass is 315 g/mol. The fourth-order valence-electron chi connectivity index (χ4n) is 2.88. The Bertz CT molecular complexity index is 545. The molecule has 1 saturated heterocycles. The number of hydrogen-bond acceptors (Lipinski definition) is 3. The lowest BCUT2D eigenvalue weighted by molar-refractivity contribution is 0.346. The van der Waals surface area contributed by atoms with Crippen LogP contribution in [0, 0.1) is 11.8 Å². The minimum atomic E-state index is -2.83. The van der Waals surface area contributed by atoms with Crippen molar-refractivity contribution in [3.8, 4) is 0 Å². The number of benzene rings is 1. The highest BCUT2D eigenvalue weighted by molar-refractivity contribution is 7.91. The third-order valence-corrected chi connectivity index (χ3v) is 6.19. The molecule has 0 aromatic heterocycles. The Balaban J connectivity index is 2.10. The Kier molecular flexibility index (Phi) is 5.47. The number of hydrogen-bond donors (Lipinski definition) is 1. The summed E-state index contributed by atoms with van der Waals surface area (Å²) in [7, 11) is -2.83. The molecule has 0 aliphatic carbocycles. The molecule has 0 spiro atoms. The van der Waals surface area contributed by atoms with E-state index in [0.29, 0.717) is 17.4 Å². The zero-order valence-corrected chi connectivity index (χ0v) is 13.4. The maximum Gasteiger partial charge on any atom is 0.150 e. The van der Waals surface area contributed by atoms with E-state index in [2.05, 4.69) is 12.2 Å². The molecule has 5 heteroatoms.